The minimum Gasteiger partial charge on any atom is -0.347 e. The molecule has 2 rings (SSSR count). The topological polar surface area (TPSA) is 35.6 Å². The van der Waals surface area contributed by atoms with E-state index in [2.05, 4.69) is 10.2 Å². The van der Waals surface area contributed by atoms with Gasteiger partial charge in [-0.3, -0.25) is 9.69 Å². The second kappa shape index (κ2) is 4.72. The molecule has 1 saturated carbocycles. The van der Waals surface area contributed by atoms with Crippen LogP contribution in [0.4, 0.5) is 0 Å². The van der Waals surface area contributed by atoms with Crippen molar-refractivity contribution in [2.45, 2.75) is 44.3 Å². The molecular formula is C12H23N3O. The number of carbonyl (C=O) groups excluding carboxylic acids is 1. The highest BCUT2D eigenvalue weighted by Gasteiger charge is 2.35. The molecule has 2 unspecified atom stereocenters. The molecule has 92 valence electrons. The Morgan fingerprint density at radius 2 is 2.06 bits per heavy atom. The van der Waals surface area contributed by atoms with Crippen molar-refractivity contribution in [1.82, 2.24) is 15.1 Å². The summed E-state index contributed by atoms with van der Waals surface area (Å²) in [6.45, 7) is 4.28. The predicted molar refractivity (Wildman–Crippen MR) is 64.3 cm³/mol. The van der Waals surface area contributed by atoms with Gasteiger partial charge in [0.1, 0.15) is 0 Å². The molecule has 1 heterocycles. The van der Waals surface area contributed by atoms with Crippen LogP contribution in [0.3, 0.4) is 0 Å². The lowest BCUT2D eigenvalue weighted by molar-refractivity contribution is -0.130. The number of hydrogen-bond donors (Lipinski definition) is 1. The van der Waals surface area contributed by atoms with E-state index in [1.54, 1.807) is 4.90 Å². The summed E-state index contributed by atoms with van der Waals surface area (Å²) < 4.78 is 0. The fourth-order valence-electron chi connectivity index (χ4n) is 2.51. The van der Waals surface area contributed by atoms with Gasteiger partial charge < -0.3 is 10.2 Å². The molecule has 1 N–H and O–H groups in total. The van der Waals surface area contributed by atoms with E-state index in [9.17, 15) is 4.79 Å². The smallest absolute Gasteiger partial charge is 0.238 e. The zero-order valence-electron chi connectivity index (χ0n) is 10.6. The van der Waals surface area contributed by atoms with Crippen LogP contribution in [0.15, 0.2) is 0 Å². The molecule has 0 aromatic rings. The number of nitrogens with one attached hydrogen (secondary N) is 1. The zero-order valence-corrected chi connectivity index (χ0v) is 10.6. The molecule has 2 atom stereocenters. The summed E-state index contributed by atoms with van der Waals surface area (Å²) in [4.78, 5) is 15.9. The minimum atomic E-state index is -0.0563. The third-order valence-electron chi connectivity index (χ3n) is 3.58. The highest BCUT2D eigenvalue weighted by atomic mass is 16.2. The molecule has 2 fully saturated rings. The Morgan fingerprint density at radius 1 is 1.38 bits per heavy atom. The van der Waals surface area contributed by atoms with Crippen molar-refractivity contribution in [3.63, 3.8) is 0 Å². The number of nitrogens with zero attached hydrogens (tertiary/aromatic N) is 2. The first-order valence-corrected chi connectivity index (χ1v) is 6.29. The van der Waals surface area contributed by atoms with Crippen LogP contribution in [0.1, 0.15) is 26.2 Å². The lowest BCUT2D eigenvalue weighted by atomic mass is 10.2. The molecule has 4 nitrogen and oxygen atoms in total. The lowest BCUT2D eigenvalue weighted by Gasteiger charge is -2.22. The maximum Gasteiger partial charge on any atom is 0.238 e. The van der Waals surface area contributed by atoms with Crippen LogP contribution < -0.4 is 5.32 Å². The maximum absolute atomic E-state index is 11.7. The van der Waals surface area contributed by atoms with Gasteiger partial charge in [0.05, 0.1) is 6.04 Å². The second-order valence-electron chi connectivity index (χ2n) is 5.33. The first kappa shape index (κ1) is 11.9. The van der Waals surface area contributed by atoms with Crippen molar-refractivity contribution in [2.75, 3.05) is 27.2 Å². The molecule has 16 heavy (non-hydrogen) atoms. The molecule has 0 aromatic carbocycles. The Balaban J connectivity index is 1.75. The first-order valence-electron chi connectivity index (χ1n) is 6.29. The molecule has 1 amide bonds. The van der Waals surface area contributed by atoms with E-state index in [1.807, 2.05) is 21.0 Å². The van der Waals surface area contributed by atoms with Gasteiger partial charge in [0, 0.05) is 39.3 Å². The van der Waals surface area contributed by atoms with Gasteiger partial charge in [-0.05, 0) is 26.2 Å². The van der Waals surface area contributed by atoms with Gasteiger partial charge >= 0.3 is 0 Å². The van der Waals surface area contributed by atoms with Crippen LogP contribution in [0, 0.1) is 0 Å². The SMILES string of the molecule is CC(NC1CCN(C2CC2)C1)C(=O)N(C)C. The van der Waals surface area contributed by atoms with Crippen LogP contribution >= 0.6 is 0 Å². The van der Waals surface area contributed by atoms with Crippen LogP contribution in [0.2, 0.25) is 0 Å². The summed E-state index contributed by atoms with van der Waals surface area (Å²) >= 11 is 0. The monoisotopic (exact) mass is 225 g/mol. The average Bonchev–Trinajstić information content (AvgIpc) is 2.99. The zero-order chi connectivity index (χ0) is 11.7. The van der Waals surface area contributed by atoms with E-state index < -0.39 is 0 Å². The molecule has 1 aliphatic heterocycles. The predicted octanol–water partition coefficient (Wildman–Crippen LogP) is 0.289. The van der Waals surface area contributed by atoms with Gasteiger partial charge in [0.25, 0.3) is 0 Å². The van der Waals surface area contributed by atoms with Gasteiger partial charge in [0.15, 0.2) is 0 Å². The van der Waals surface area contributed by atoms with Crippen molar-refractivity contribution >= 4 is 5.91 Å². The van der Waals surface area contributed by atoms with E-state index in [4.69, 9.17) is 0 Å². The first-order chi connectivity index (χ1) is 7.58. The molecule has 1 saturated heterocycles. The normalized spacial score (nSPS) is 28.1. The Hall–Kier alpha value is -0.610. The van der Waals surface area contributed by atoms with Crippen LogP contribution in [0.25, 0.3) is 0 Å². The number of likely N-dealkylation sites (tertiary alicyclic amines) is 1. The molecule has 0 aromatic heterocycles. The summed E-state index contributed by atoms with van der Waals surface area (Å²) in [5, 5.41) is 3.44. The summed E-state index contributed by atoms with van der Waals surface area (Å²) in [6.07, 6.45) is 3.93. The Labute approximate surface area is 98.0 Å². The second-order valence-corrected chi connectivity index (χ2v) is 5.33. The number of likely N-dealkylation sites (N-methyl/N-ethyl adjacent to an activating group) is 1. The highest BCUT2D eigenvalue weighted by Crippen LogP contribution is 2.29. The van der Waals surface area contributed by atoms with Gasteiger partial charge in [-0.15, -0.1) is 0 Å². The minimum absolute atomic E-state index is 0.0563. The lowest BCUT2D eigenvalue weighted by Crippen LogP contribution is -2.47. The summed E-state index contributed by atoms with van der Waals surface area (Å²) in [5.74, 6) is 0.171. The van der Waals surface area contributed by atoms with Crippen molar-refractivity contribution in [1.29, 1.82) is 0 Å². The third kappa shape index (κ3) is 2.74. The molecule has 0 spiro atoms. The highest BCUT2D eigenvalue weighted by molar-refractivity contribution is 5.80. The fourth-order valence-corrected chi connectivity index (χ4v) is 2.51. The Bertz CT molecular complexity index is 263. The molecule has 2 aliphatic rings. The van der Waals surface area contributed by atoms with Crippen molar-refractivity contribution in [3.8, 4) is 0 Å². The van der Waals surface area contributed by atoms with E-state index in [-0.39, 0.29) is 11.9 Å². The quantitative estimate of drug-likeness (QED) is 0.747. The van der Waals surface area contributed by atoms with Crippen LogP contribution in [0.5, 0.6) is 0 Å². The molecule has 4 heteroatoms. The Kier molecular flexibility index (Phi) is 3.50. The number of amides is 1. The maximum atomic E-state index is 11.7. The third-order valence-corrected chi connectivity index (χ3v) is 3.58. The van der Waals surface area contributed by atoms with E-state index >= 15 is 0 Å². The van der Waals surface area contributed by atoms with Crippen molar-refractivity contribution in [3.05, 3.63) is 0 Å². The van der Waals surface area contributed by atoms with E-state index in [0.29, 0.717) is 6.04 Å². The number of rotatable bonds is 4. The van der Waals surface area contributed by atoms with Crippen LogP contribution in [-0.4, -0.2) is 61.0 Å². The van der Waals surface area contributed by atoms with E-state index in [0.717, 1.165) is 12.6 Å². The van der Waals surface area contributed by atoms with Gasteiger partial charge in [-0.2, -0.15) is 0 Å². The van der Waals surface area contributed by atoms with E-state index in [1.165, 1.54) is 25.8 Å². The average molecular weight is 225 g/mol. The number of carbonyl (C=O) groups is 1. The van der Waals surface area contributed by atoms with Gasteiger partial charge in [0.2, 0.25) is 5.91 Å². The van der Waals surface area contributed by atoms with Gasteiger partial charge in [-0.1, -0.05) is 0 Å². The van der Waals surface area contributed by atoms with Crippen molar-refractivity contribution < 1.29 is 4.79 Å². The molecule has 0 bridgehead atoms. The number of hydrogen-bond acceptors (Lipinski definition) is 3. The molecule has 1 aliphatic carbocycles. The summed E-state index contributed by atoms with van der Waals surface area (Å²) in [7, 11) is 3.62. The summed E-state index contributed by atoms with van der Waals surface area (Å²) in [5.41, 5.74) is 0. The fraction of sp³-hybridized carbons (Fsp3) is 0.917. The standard InChI is InChI=1S/C12H23N3O/c1-9(12(16)14(2)3)13-10-6-7-15(8-10)11-4-5-11/h9-11,13H,4-8H2,1-3H3. The molecular weight excluding hydrogens is 202 g/mol. The summed E-state index contributed by atoms with van der Waals surface area (Å²) in [6, 6.07) is 1.30. The Morgan fingerprint density at radius 3 is 2.62 bits per heavy atom. The van der Waals surface area contributed by atoms with Crippen molar-refractivity contribution in [2.24, 2.45) is 0 Å². The molecule has 0 radical (unpaired) electrons. The largest absolute Gasteiger partial charge is 0.347 e. The van der Waals surface area contributed by atoms with Gasteiger partial charge in [-0.25, -0.2) is 0 Å². The van der Waals surface area contributed by atoms with Crippen LogP contribution in [-0.2, 0) is 4.79 Å².